The molecular formula is C18H22ClNO2. The Bertz CT molecular complexity index is 542. The zero-order valence-corrected chi connectivity index (χ0v) is 13.5. The van der Waals surface area contributed by atoms with Gasteiger partial charge in [-0.15, -0.1) is 0 Å². The highest BCUT2D eigenvalue weighted by atomic mass is 35.5. The molecule has 0 N–H and O–H groups in total. The summed E-state index contributed by atoms with van der Waals surface area (Å²) < 4.78 is 5.63. The zero-order chi connectivity index (χ0) is 15.4. The molecule has 0 saturated carbocycles. The van der Waals surface area contributed by atoms with Gasteiger partial charge in [-0.05, 0) is 43.2 Å². The third-order valence-corrected chi connectivity index (χ3v) is 4.91. The lowest BCUT2D eigenvalue weighted by Gasteiger charge is -2.17. The lowest BCUT2D eigenvalue weighted by Crippen LogP contribution is -2.29. The summed E-state index contributed by atoms with van der Waals surface area (Å²) in [6.45, 7) is 2.39. The van der Waals surface area contributed by atoms with Crippen molar-refractivity contribution in [1.29, 1.82) is 0 Å². The van der Waals surface area contributed by atoms with Crippen LogP contribution in [0.3, 0.4) is 0 Å². The normalized spacial score (nSPS) is 23.4. The van der Waals surface area contributed by atoms with Gasteiger partial charge in [-0.25, -0.2) is 0 Å². The molecule has 118 valence electrons. The number of benzene rings is 1. The molecule has 2 atom stereocenters. The second kappa shape index (κ2) is 7.19. The number of likely N-dealkylation sites (tertiary alicyclic amines) is 1. The van der Waals surface area contributed by atoms with E-state index in [0.717, 1.165) is 32.4 Å². The average Bonchev–Trinajstić information content (AvgIpc) is 2.97. The Morgan fingerprint density at radius 3 is 2.55 bits per heavy atom. The number of rotatable bonds is 5. The van der Waals surface area contributed by atoms with E-state index in [0.29, 0.717) is 35.6 Å². The second-order valence-electron chi connectivity index (χ2n) is 6.14. The maximum absolute atomic E-state index is 12.3. The Balaban J connectivity index is 1.39. The highest BCUT2D eigenvalue weighted by Crippen LogP contribution is 2.33. The highest BCUT2D eigenvalue weighted by Gasteiger charge is 2.34. The number of halogens is 1. The molecule has 0 radical (unpaired) electrons. The molecule has 4 heteroatoms. The summed E-state index contributed by atoms with van der Waals surface area (Å²) in [4.78, 5) is 14.3. The fourth-order valence-corrected chi connectivity index (χ4v) is 3.53. The smallest absolute Gasteiger partial charge is 0.222 e. The summed E-state index contributed by atoms with van der Waals surface area (Å²) in [6.07, 6.45) is 8.05. The van der Waals surface area contributed by atoms with Gasteiger partial charge in [0.25, 0.3) is 0 Å². The van der Waals surface area contributed by atoms with Crippen molar-refractivity contribution >= 4 is 17.5 Å². The molecule has 1 saturated heterocycles. The van der Waals surface area contributed by atoms with Gasteiger partial charge in [-0.1, -0.05) is 35.9 Å². The Labute approximate surface area is 136 Å². The summed E-state index contributed by atoms with van der Waals surface area (Å²) >= 11 is 6.03. The van der Waals surface area contributed by atoms with Crippen molar-refractivity contribution in [2.24, 2.45) is 11.8 Å². The molecule has 1 aliphatic carbocycles. The maximum Gasteiger partial charge on any atom is 0.222 e. The fraction of sp³-hybridized carbons (Fsp3) is 0.500. The van der Waals surface area contributed by atoms with Crippen molar-refractivity contribution in [3.05, 3.63) is 41.4 Å². The van der Waals surface area contributed by atoms with Crippen LogP contribution in [0, 0.1) is 11.8 Å². The molecule has 0 spiro atoms. The van der Waals surface area contributed by atoms with Crippen LogP contribution in [0.25, 0.3) is 0 Å². The monoisotopic (exact) mass is 319 g/mol. The molecule has 0 aromatic heterocycles. The van der Waals surface area contributed by atoms with Gasteiger partial charge in [-0.2, -0.15) is 0 Å². The van der Waals surface area contributed by atoms with Crippen molar-refractivity contribution < 1.29 is 9.53 Å². The Morgan fingerprint density at radius 1 is 1.18 bits per heavy atom. The molecule has 2 unspecified atom stereocenters. The van der Waals surface area contributed by atoms with Crippen LogP contribution in [-0.2, 0) is 4.79 Å². The van der Waals surface area contributed by atoms with E-state index in [1.54, 1.807) is 0 Å². The van der Waals surface area contributed by atoms with Crippen LogP contribution in [-0.4, -0.2) is 30.5 Å². The van der Waals surface area contributed by atoms with Crippen molar-refractivity contribution in [3.63, 3.8) is 0 Å². The predicted octanol–water partition coefficient (Wildman–Crippen LogP) is 3.92. The fourth-order valence-electron chi connectivity index (χ4n) is 3.34. The van der Waals surface area contributed by atoms with Crippen LogP contribution in [0.15, 0.2) is 36.4 Å². The number of carbonyl (C=O) groups excluding carboxylic acids is 1. The average molecular weight is 320 g/mol. The quantitative estimate of drug-likeness (QED) is 0.608. The minimum Gasteiger partial charge on any atom is -0.492 e. The van der Waals surface area contributed by atoms with Gasteiger partial charge in [0, 0.05) is 19.5 Å². The van der Waals surface area contributed by atoms with Gasteiger partial charge in [0.05, 0.1) is 11.6 Å². The largest absolute Gasteiger partial charge is 0.492 e. The first-order valence-electron chi connectivity index (χ1n) is 8.04. The van der Waals surface area contributed by atoms with Crippen LogP contribution in [0.2, 0.25) is 5.02 Å². The summed E-state index contributed by atoms with van der Waals surface area (Å²) in [5.41, 5.74) is 0. The minimum atomic E-state index is 0.261. The Morgan fingerprint density at radius 2 is 1.86 bits per heavy atom. The maximum atomic E-state index is 12.3. The summed E-state index contributed by atoms with van der Waals surface area (Å²) in [7, 11) is 0. The predicted molar refractivity (Wildman–Crippen MR) is 88.1 cm³/mol. The molecule has 1 aromatic carbocycles. The molecule has 22 heavy (non-hydrogen) atoms. The molecule has 1 fully saturated rings. The SMILES string of the molecule is O=C(CCCOc1ccccc1Cl)N1CC2CC=CCC2C1. The van der Waals surface area contributed by atoms with E-state index in [2.05, 4.69) is 12.2 Å². The number of allylic oxidation sites excluding steroid dienone is 2. The standard InChI is InChI=1S/C18H22ClNO2/c19-16-8-3-4-9-17(16)22-11-5-10-18(21)20-12-14-6-1-2-7-15(14)13-20/h1-4,8-9,14-15H,5-7,10-13H2. The topological polar surface area (TPSA) is 29.5 Å². The molecule has 2 aliphatic rings. The van der Waals surface area contributed by atoms with Crippen molar-refractivity contribution in [2.75, 3.05) is 19.7 Å². The van der Waals surface area contributed by atoms with E-state index in [1.165, 1.54) is 0 Å². The van der Waals surface area contributed by atoms with Crippen LogP contribution >= 0.6 is 11.6 Å². The number of ether oxygens (including phenoxy) is 1. The van der Waals surface area contributed by atoms with E-state index >= 15 is 0 Å². The first kappa shape index (κ1) is 15.4. The van der Waals surface area contributed by atoms with Crippen LogP contribution in [0.4, 0.5) is 0 Å². The molecule has 0 bridgehead atoms. The molecule has 3 nitrogen and oxygen atoms in total. The van der Waals surface area contributed by atoms with Crippen molar-refractivity contribution in [1.82, 2.24) is 4.90 Å². The van der Waals surface area contributed by atoms with E-state index in [9.17, 15) is 4.79 Å². The first-order valence-corrected chi connectivity index (χ1v) is 8.42. The van der Waals surface area contributed by atoms with Gasteiger partial charge in [0.2, 0.25) is 5.91 Å². The third-order valence-electron chi connectivity index (χ3n) is 4.60. The number of carbonyl (C=O) groups is 1. The number of amides is 1. The van der Waals surface area contributed by atoms with Gasteiger partial charge >= 0.3 is 0 Å². The number of nitrogens with zero attached hydrogens (tertiary/aromatic N) is 1. The van der Waals surface area contributed by atoms with E-state index in [4.69, 9.17) is 16.3 Å². The van der Waals surface area contributed by atoms with E-state index in [1.807, 2.05) is 29.2 Å². The number of para-hydroxylation sites is 1. The van der Waals surface area contributed by atoms with Crippen molar-refractivity contribution in [2.45, 2.75) is 25.7 Å². The Kier molecular flexibility index (Phi) is 5.04. The number of hydrogen-bond acceptors (Lipinski definition) is 2. The number of hydrogen-bond donors (Lipinski definition) is 0. The minimum absolute atomic E-state index is 0.261. The molecule has 1 heterocycles. The van der Waals surface area contributed by atoms with Gasteiger partial charge < -0.3 is 9.64 Å². The third kappa shape index (κ3) is 3.64. The molecule has 1 aromatic rings. The van der Waals surface area contributed by atoms with Gasteiger partial charge in [0.15, 0.2) is 0 Å². The van der Waals surface area contributed by atoms with Crippen LogP contribution in [0.1, 0.15) is 25.7 Å². The van der Waals surface area contributed by atoms with Crippen LogP contribution < -0.4 is 4.74 Å². The van der Waals surface area contributed by atoms with Crippen LogP contribution in [0.5, 0.6) is 5.75 Å². The summed E-state index contributed by atoms with van der Waals surface area (Å²) in [5.74, 6) is 2.30. The van der Waals surface area contributed by atoms with E-state index in [-0.39, 0.29) is 5.91 Å². The zero-order valence-electron chi connectivity index (χ0n) is 12.7. The van der Waals surface area contributed by atoms with Gasteiger partial charge in [0.1, 0.15) is 5.75 Å². The molecular weight excluding hydrogens is 298 g/mol. The molecule has 1 amide bonds. The Hall–Kier alpha value is -1.48. The highest BCUT2D eigenvalue weighted by molar-refractivity contribution is 6.32. The first-order chi connectivity index (χ1) is 10.7. The molecule has 1 aliphatic heterocycles. The second-order valence-corrected chi connectivity index (χ2v) is 6.55. The van der Waals surface area contributed by atoms with Gasteiger partial charge in [-0.3, -0.25) is 4.79 Å². The molecule has 3 rings (SSSR count). The van der Waals surface area contributed by atoms with Crippen molar-refractivity contribution in [3.8, 4) is 5.75 Å². The summed E-state index contributed by atoms with van der Waals surface area (Å²) in [5, 5.41) is 0.616. The lowest BCUT2D eigenvalue weighted by molar-refractivity contribution is -0.130. The number of fused-ring (bicyclic) bond motifs is 1. The summed E-state index contributed by atoms with van der Waals surface area (Å²) in [6, 6.07) is 7.43. The van der Waals surface area contributed by atoms with E-state index < -0.39 is 0 Å². The lowest BCUT2D eigenvalue weighted by atomic mass is 9.86.